The van der Waals surface area contributed by atoms with Gasteiger partial charge >= 0.3 is 0 Å². The molecule has 0 fully saturated rings. The van der Waals surface area contributed by atoms with Crippen molar-refractivity contribution in [2.24, 2.45) is 0 Å². The van der Waals surface area contributed by atoms with Gasteiger partial charge in [-0.3, -0.25) is 9.52 Å². The number of rotatable bonds is 9. The number of ether oxygens (including phenoxy) is 1. The lowest BCUT2D eigenvalue weighted by Crippen LogP contribution is -2.27. The van der Waals surface area contributed by atoms with E-state index < -0.39 is 10.0 Å². The van der Waals surface area contributed by atoms with Crippen LogP contribution in [-0.2, 0) is 14.8 Å². The predicted octanol–water partition coefficient (Wildman–Crippen LogP) is 4.36. The number of hydrogen-bond acceptors (Lipinski definition) is 8. The molecule has 1 heterocycles. The summed E-state index contributed by atoms with van der Waals surface area (Å²) in [5.74, 6) is 0.544. The Morgan fingerprint density at radius 1 is 0.974 bits per heavy atom. The van der Waals surface area contributed by atoms with Gasteiger partial charge in [0.1, 0.15) is 5.75 Å². The Morgan fingerprint density at radius 2 is 1.68 bits per heavy atom. The molecule has 12 heteroatoms. The highest BCUT2D eigenvalue weighted by Gasteiger charge is 2.23. The molecule has 0 aliphatic heterocycles. The summed E-state index contributed by atoms with van der Waals surface area (Å²) in [6, 6.07) is 18.2. The monoisotopic (exact) mass is 554 g/mol. The molecule has 4 aromatic rings. The molecule has 10 nitrogen and oxygen atoms in total. The van der Waals surface area contributed by atoms with E-state index in [0.29, 0.717) is 33.2 Å². The van der Waals surface area contributed by atoms with E-state index in [0.717, 1.165) is 0 Å². The average Bonchev–Trinajstić information content (AvgIpc) is 2.87. The summed E-state index contributed by atoms with van der Waals surface area (Å²) in [5, 5.41) is 3.12. The molecule has 0 spiro atoms. The molecule has 2 N–H and O–H groups in total. The van der Waals surface area contributed by atoms with Crippen LogP contribution in [0.3, 0.4) is 0 Å². The number of nitrogens with zero attached hydrogens (tertiary/aromatic N) is 4. The number of sulfonamides is 1. The van der Waals surface area contributed by atoms with E-state index in [-0.39, 0.29) is 29.0 Å². The molecule has 0 atom stereocenters. The standard InChI is InChI=1S/C26H27ClN6O4S/c1-32(2)16-24(34)28-17-8-7-9-19(14-17)38(35,36)31-25-26(30-22-11-6-5-10-21(22)29-25)33(3)23-15-18(37-4)12-13-20(23)27/h5-15H,16H2,1-4H3,(H,28,34)(H,29,31). The van der Waals surface area contributed by atoms with Gasteiger partial charge in [-0.25, -0.2) is 18.4 Å². The molecule has 198 valence electrons. The molecule has 1 amide bonds. The minimum atomic E-state index is -4.12. The van der Waals surface area contributed by atoms with Crippen molar-refractivity contribution in [1.82, 2.24) is 14.9 Å². The van der Waals surface area contributed by atoms with Crippen molar-refractivity contribution >= 4 is 61.6 Å². The second kappa shape index (κ2) is 11.2. The van der Waals surface area contributed by atoms with Crippen LogP contribution in [0.15, 0.2) is 71.6 Å². The maximum atomic E-state index is 13.5. The molecular weight excluding hydrogens is 528 g/mol. The third-order valence-corrected chi connectivity index (χ3v) is 7.16. The Morgan fingerprint density at radius 3 is 2.37 bits per heavy atom. The highest BCUT2D eigenvalue weighted by molar-refractivity contribution is 7.92. The van der Waals surface area contributed by atoms with Crippen LogP contribution in [0.25, 0.3) is 11.0 Å². The summed E-state index contributed by atoms with van der Waals surface area (Å²) >= 11 is 6.47. The Hall–Kier alpha value is -3.93. The number of aromatic nitrogens is 2. The molecule has 3 aromatic carbocycles. The Labute approximate surface area is 226 Å². The summed E-state index contributed by atoms with van der Waals surface area (Å²) in [5.41, 5.74) is 1.97. The van der Waals surface area contributed by atoms with Gasteiger partial charge in [-0.2, -0.15) is 0 Å². The fourth-order valence-corrected chi connectivity index (χ4v) is 4.99. The lowest BCUT2D eigenvalue weighted by molar-refractivity contribution is -0.116. The van der Waals surface area contributed by atoms with Crippen LogP contribution in [0.4, 0.5) is 23.0 Å². The molecule has 38 heavy (non-hydrogen) atoms. The van der Waals surface area contributed by atoms with Crippen LogP contribution >= 0.6 is 11.6 Å². The third kappa shape index (κ3) is 6.13. The number of anilines is 4. The van der Waals surface area contributed by atoms with Crippen LogP contribution in [0.2, 0.25) is 5.02 Å². The van der Waals surface area contributed by atoms with Crippen molar-refractivity contribution in [2.75, 3.05) is 49.7 Å². The molecule has 0 saturated heterocycles. The molecule has 0 aliphatic rings. The van der Waals surface area contributed by atoms with Crippen LogP contribution in [0.5, 0.6) is 5.75 Å². The lowest BCUT2D eigenvalue weighted by atomic mass is 10.2. The second-order valence-corrected chi connectivity index (χ2v) is 10.8. The fraction of sp³-hybridized carbons (Fsp3) is 0.192. The van der Waals surface area contributed by atoms with Crippen molar-refractivity contribution in [1.29, 1.82) is 0 Å². The van der Waals surface area contributed by atoms with Gasteiger partial charge in [-0.1, -0.05) is 29.8 Å². The summed E-state index contributed by atoms with van der Waals surface area (Å²) in [7, 11) is 2.66. The molecule has 0 bridgehead atoms. The molecule has 4 rings (SSSR count). The van der Waals surface area contributed by atoms with Gasteiger partial charge in [0.05, 0.1) is 40.3 Å². The van der Waals surface area contributed by atoms with Crippen molar-refractivity contribution in [2.45, 2.75) is 4.90 Å². The molecule has 0 radical (unpaired) electrons. The number of carbonyl (C=O) groups is 1. The van der Waals surface area contributed by atoms with Crippen LogP contribution in [0.1, 0.15) is 0 Å². The lowest BCUT2D eigenvalue weighted by Gasteiger charge is -2.23. The zero-order valence-electron chi connectivity index (χ0n) is 21.3. The van der Waals surface area contributed by atoms with Gasteiger partial charge in [0, 0.05) is 18.8 Å². The topological polar surface area (TPSA) is 117 Å². The van der Waals surface area contributed by atoms with Gasteiger partial charge < -0.3 is 19.9 Å². The number of methoxy groups -OCH3 is 1. The number of hydrogen-bond donors (Lipinski definition) is 2. The van der Waals surface area contributed by atoms with E-state index in [4.69, 9.17) is 16.3 Å². The predicted molar refractivity (Wildman–Crippen MR) is 150 cm³/mol. The minimum absolute atomic E-state index is 0.00660. The molecule has 0 saturated carbocycles. The Bertz CT molecular complexity index is 1600. The zero-order chi connectivity index (χ0) is 27.4. The van der Waals surface area contributed by atoms with E-state index >= 15 is 0 Å². The first kappa shape index (κ1) is 27.1. The number of amides is 1. The van der Waals surface area contributed by atoms with Gasteiger partial charge in [-0.05, 0) is 56.6 Å². The smallest absolute Gasteiger partial charge is 0.263 e. The maximum absolute atomic E-state index is 13.5. The van der Waals surface area contributed by atoms with Gasteiger partial charge in [0.2, 0.25) is 5.91 Å². The molecule has 0 aliphatic carbocycles. The first-order valence-corrected chi connectivity index (χ1v) is 13.3. The number of para-hydroxylation sites is 2. The van der Waals surface area contributed by atoms with E-state index in [1.807, 2.05) is 6.07 Å². The fourth-order valence-electron chi connectivity index (χ4n) is 3.70. The van der Waals surface area contributed by atoms with E-state index in [1.54, 1.807) is 86.6 Å². The van der Waals surface area contributed by atoms with Crippen LogP contribution < -0.4 is 19.7 Å². The van der Waals surface area contributed by atoms with Crippen molar-refractivity contribution < 1.29 is 17.9 Å². The first-order valence-electron chi connectivity index (χ1n) is 11.5. The maximum Gasteiger partial charge on any atom is 0.263 e. The third-order valence-electron chi connectivity index (χ3n) is 5.50. The van der Waals surface area contributed by atoms with E-state index in [9.17, 15) is 13.2 Å². The number of carbonyl (C=O) groups excluding carboxylic acids is 1. The summed E-state index contributed by atoms with van der Waals surface area (Å²) < 4.78 is 34.8. The normalized spacial score (nSPS) is 11.4. The largest absolute Gasteiger partial charge is 0.497 e. The average molecular weight is 555 g/mol. The van der Waals surface area contributed by atoms with E-state index in [1.165, 1.54) is 12.1 Å². The van der Waals surface area contributed by atoms with E-state index in [2.05, 4.69) is 20.0 Å². The Balaban J connectivity index is 1.74. The SMILES string of the molecule is COc1ccc(Cl)c(N(C)c2nc3ccccc3nc2NS(=O)(=O)c2cccc(NC(=O)CN(C)C)c2)c1. The summed E-state index contributed by atoms with van der Waals surface area (Å²) in [6.45, 7) is 0.157. The second-order valence-electron chi connectivity index (χ2n) is 8.68. The Kier molecular flexibility index (Phi) is 8.00. The highest BCUT2D eigenvalue weighted by Crippen LogP contribution is 2.37. The van der Waals surface area contributed by atoms with Gasteiger partial charge in [-0.15, -0.1) is 0 Å². The van der Waals surface area contributed by atoms with Gasteiger partial charge in [0.25, 0.3) is 10.0 Å². The molecular formula is C26H27ClN6O4S. The first-order chi connectivity index (χ1) is 18.1. The minimum Gasteiger partial charge on any atom is -0.497 e. The van der Waals surface area contributed by atoms with Gasteiger partial charge in [0.15, 0.2) is 11.6 Å². The summed E-state index contributed by atoms with van der Waals surface area (Å²) in [4.78, 5) is 24.7. The molecule has 1 aromatic heterocycles. The number of fused-ring (bicyclic) bond motifs is 1. The van der Waals surface area contributed by atoms with Crippen molar-refractivity contribution in [3.63, 3.8) is 0 Å². The quantitative estimate of drug-likeness (QED) is 0.313. The van der Waals surface area contributed by atoms with Crippen molar-refractivity contribution in [3.05, 3.63) is 71.8 Å². The number of likely N-dealkylation sites (N-methyl/N-ethyl adjacent to an activating group) is 1. The molecule has 0 unspecified atom stereocenters. The highest BCUT2D eigenvalue weighted by atomic mass is 35.5. The number of halogens is 1. The summed E-state index contributed by atoms with van der Waals surface area (Å²) in [6.07, 6.45) is 0. The number of benzene rings is 3. The van der Waals surface area contributed by atoms with Crippen molar-refractivity contribution in [3.8, 4) is 5.75 Å². The van der Waals surface area contributed by atoms with Crippen LogP contribution in [0, 0.1) is 0 Å². The zero-order valence-corrected chi connectivity index (χ0v) is 22.8. The van der Waals surface area contributed by atoms with Crippen LogP contribution in [-0.4, -0.2) is 64.0 Å². The number of nitrogens with one attached hydrogen (secondary N) is 2.